The zero-order valence-corrected chi connectivity index (χ0v) is 15.0. The summed E-state index contributed by atoms with van der Waals surface area (Å²) < 4.78 is 21.6. The van der Waals surface area contributed by atoms with E-state index in [9.17, 15) is 4.79 Å². The van der Waals surface area contributed by atoms with Crippen LogP contribution in [0.3, 0.4) is 0 Å². The van der Waals surface area contributed by atoms with Gasteiger partial charge in [0.25, 0.3) is 5.91 Å². The molecule has 1 N–H and O–H groups in total. The highest BCUT2D eigenvalue weighted by Gasteiger charge is 2.18. The van der Waals surface area contributed by atoms with Crippen LogP contribution in [0.2, 0.25) is 0 Å². The Morgan fingerprint density at radius 1 is 1.12 bits per heavy atom. The average Bonchev–Trinajstić information content (AvgIpc) is 2.67. The summed E-state index contributed by atoms with van der Waals surface area (Å²) >= 11 is 0. The smallest absolute Gasteiger partial charge is 0.255 e. The van der Waals surface area contributed by atoms with Crippen molar-refractivity contribution in [2.45, 2.75) is 6.92 Å². The number of nitrogens with one attached hydrogen (secondary N) is 1. The van der Waals surface area contributed by atoms with E-state index in [2.05, 4.69) is 5.32 Å². The van der Waals surface area contributed by atoms with Crippen molar-refractivity contribution in [3.05, 3.63) is 47.5 Å². The number of ether oxygens (including phenoxy) is 4. The first-order chi connectivity index (χ1) is 12.6. The lowest BCUT2D eigenvalue weighted by atomic mass is 10.1. The molecule has 0 saturated carbocycles. The maximum Gasteiger partial charge on any atom is 0.255 e. The van der Waals surface area contributed by atoms with Crippen LogP contribution >= 0.6 is 0 Å². The van der Waals surface area contributed by atoms with Crippen molar-refractivity contribution in [1.29, 1.82) is 0 Å². The fourth-order valence-electron chi connectivity index (χ4n) is 2.67. The molecule has 0 atom stereocenters. The molecule has 0 aliphatic carbocycles. The second-order valence-corrected chi connectivity index (χ2v) is 5.61. The zero-order chi connectivity index (χ0) is 18.5. The first kappa shape index (κ1) is 17.7. The summed E-state index contributed by atoms with van der Waals surface area (Å²) in [4.78, 5) is 12.6. The molecule has 6 nitrogen and oxygen atoms in total. The molecule has 0 bridgehead atoms. The van der Waals surface area contributed by atoms with Crippen LogP contribution in [-0.4, -0.2) is 33.3 Å². The second kappa shape index (κ2) is 7.82. The lowest BCUT2D eigenvalue weighted by Gasteiger charge is -2.18. The van der Waals surface area contributed by atoms with E-state index in [0.29, 0.717) is 29.4 Å². The Kier molecular flexibility index (Phi) is 5.31. The van der Waals surface area contributed by atoms with Crippen molar-refractivity contribution in [2.75, 3.05) is 32.8 Å². The Bertz CT molecular complexity index is 844. The number of amides is 1. The third-order valence-electron chi connectivity index (χ3n) is 3.94. The highest BCUT2D eigenvalue weighted by molar-refractivity contribution is 6.07. The van der Waals surface area contributed by atoms with E-state index in [0.717, 1.165) is 17.1 Å². The molecule has 1 heterocycles. The average molecular weight is 355 g/mol. The van der Waals surface area contributed by atoms with E-state index in [1.165, 1.54) is 0 Å². The van der Waals surface area contributed by atoms with Gasteiger partial charge < -0.3 is 24.3 Å². The molecule has 1 aliphatic rings. The van der Waals surface area contributed by atoms with Crippen LogP contribution in [0.1, 0.15) is 12.5 Å². The van der Waals surface area contributed by atoms with Gasteiger partial charge in [-0.1, -0.05) is 0 Å². The summed E-state index contributed by atoms with van der Waals surface area (Å²) in [6.45, 7) is 2.71. The van der Waals surface area contributed by atoms with Gasteiger partial charge in [0.15, 0.2) is 11.5 Å². The third-order valence-corrected chi connectivity index (χ3v) is 3.94. The number of hydrogen-bond donors (Lipinski definition) is 1. The van der Waals surface area contributed by atoms with Gasteiger partial charge in [0, 0.05) is 17.3 Å². The predicted octanol–water partition coefficient (Wildman–Crippen LogP) is 3.52. The summed E-state index contributed by atoms with van der Waals surface area (Å²) in [5.74, 6) is 2.39. The normalized spacial score (nSPS) is 12.3. The molecular weight excluding hydrogens is 334 g/mol. The van der Waals surface area contributed by atoms with E-state index in [4.69, 9.17) is 18.9 Å². The quantitative estimate of drug-likeness (QED) is 0.859. The minimum atomic E-state index is -0.232. The Balaban J connectivity index is 1.79. The fraction of sp³-hybridized carbons (Fsp3) is 0.250. The lowest BCUT2D eigenvalue weighted by Crippen LogP contribution is -2.21. The van der Waals surface area contributed by atoms with Crippen LogP contribution in [0, 0.1) is 0 Å². The van der Waals surface area contributed by atoms with E-state index >= 15 is 0 Å². The molecule has 0 spiro atoms. The van der Waals surface area contributed by atoms with Gasteiger partial charge in [-0.25, -0.2) is 0 Å². The topological polar surface area (TPSA) is 66.0 Å². The Hall–Kier alpha value is -3.15. The highest BCUT2D eigenvalue weighted by atomic mass is 16.5. The fourth-order valence-corrected chi connectivity index (χ4v) is 2.67. The van der Waals surface area contributed by atoms with Gasteiger partial charge in [-0.15, -0.1) is 0 Å². The minimum Gasteiger partial charge on any atom is -0.494 e. The molecule has 136 valence electrons. The minimum absolute atomic E-state index is 0.208. The summed E-state index contributed by atoms with van der Waals surface area (Å²) in [5, 5.41) is 2.85. The van der Waals surface area contributed by atoms with Gasteiger partial charge in [0.1, 0.15) is 18.1 Å². The third kappa shape index (κ3) is 3.74. The van der Waals surface area contributed by atoms with Crippen LogP contribution in [0.5, 0.6) is 23.0 Å². The molecule has 2 aromatic carbocycles. The SMILES string of the molecule is CCOc1ccc2c(c1)C=C(C(=O)Nc1ccc(OC)c(OC)c1)CO2. The number of anilines is 1. The number of hydrogen-bond acceptors (Lipinski definition) is 5. The molecule has 2 aromatic rings. The standard InChI is InChI=1S/C20H21NO5/c1-4-25-16-6-8-17-13(10-16)9-14(12-26-17)20(22)21-15-5-7-18(23-2)19(11-15)24-3/h5-11H,4,12H2,1-3H3,(H,21,22). The molecule has 0 saturated heterocycles. The van der Waals surface area contributed by atoms with E-state index in [-0.39, 0.29) is 12.5 Å². The van der Waals surface area contributed by atoms with Crippen LogP contribution in [-0.2, 0) is 4.79 Å². The van der Waals surface area contributed by atoms with Crippen molar-refractivity contribution >= 4 is 17.7 Å². The van der Waals surface area contributed by atoms with E-state index in [1.54, 1.807) is 32.4 Å². The molecule has 1 aliphatic heterocycles. The maximum absolute atomic E-state index is 12.6. The summed E-state index contributed by atoms with van der Waals surface area (Å²) in [7, 11) is 3.11. The Labute approximate surface area is 152 Å². The number of benzene rings is 2. The number of fused-ring (bicyclic) bond motifs is 1. The maximum atomic E-state index is 12.6. The summed E-state index contributed by atoms with van der Waals surface area (Å²) in [6, 6.07) is 10.8. The van der Waals surface area contributed by atoms with Crippen LogP contribution in [0.4, 0.5) is 5.69 Å². The summed E-state index contributed by atoms with van der Waals surface area (Å²) in [6.07, 6.45) is 1.82. The number of methoxy groups -OCH3 is 2. The first-order valence-corrected chi connectivity index (χ1v) is 8.28. The first-order valence-electron chi connectivity index (χ1n) is 8.28. The monoisotopic (exact) mass is 355 g/mol. The molecule has 0 aromatic heterocycles. The highest BCUT2D eigenvalue weighted by Crippen LogP contribution is 2.32. The van der Waals surface area contributed by atoms with Gasteiger partial charge >= 0.3 is 0 Å². The van der Waals surface area contributed by atoms with Crippen LogP contribution < -0.4 is 24.3 Å². The van der Waals surface area contributed by atoms with Crippen LogP contribution in [0.15, 0.2) is 42.0 Å². The molecule has 6 heteroatoms. The summed E-state index contributed by atoms with van der Waals surface area (Å²) in [5.41, 5.74) is 1.96. The molecule has 1 amide bonds. The lowest BCUT2D eigenvalue weighted by molar-refractivity contribution is -0.113. The predicted molar refractivity (Wildman–Crippen MR) is 99.3 cm³/mol. The van der Waals surface area contributed by atoms with Crippen molar-refractivity contribution in [1.82, 2.24) is 0 Å². The van der Waals surface area contributed by atoms with Gasteiger partial charge in [-0.05, 0) is 43.3 Å². The zero-order valence-electron chi connectivity index (χ0n) is 15.0. The van der Waals surface area contributed by atoms with Gasteiger partial charge in [0.05, 0.1) is 26.4 Å². The van der Waals surface area contributed by atoms with Gasteiger partial charge in [-0.3, -0.25) is 4.79 Å². The molecule has 3 rings (SSSR count). The molecular formula is C20H21NO5. The molecule has 0 radical (unpaired) electrons. The van der Waals surface area contributed by atoms with Crippen molar-refractivity contribution in [3.8, 4) is 23.0 Å². The van der Waals surface area contributed by atoms with Crippen molar-refractivity contribution < 1.29 is 23.7 Å². The molecule has 0 fully saturated rings. The van der Waals surface area contributed by atoms with Gasteiger partial charge in [0.2, 0.25) is 0 Å². The Morgan fingerprint density at radius 2 is 1.92 bits per heavy atom. The van der Waals surface area contributed by atoms with Crippen molar-refractivity contribution in [3.63, 3.8) is 0 Å². The van der Waals surface area contributed by atoms with Crippen molar-refractivity contribution in [2.24, 2.45) is 0 Å². The Morgan fingerprint density at radius 3 is 2.65 bits per heavy atom. The number of carbonyl (C=O) groups is 1. The van der Waals surface area contributed by atoms with Gasteiger partial charge in [-0.2, -0.15) is 0 Å². The molecule has 0 unspecified atom stereocenters. The largest absolute Gasteiger partial charge is 0.494 e. The van der Waals surface area contributed by atoms with Crippen LogP contribution in [0.25, 0.3) is 6.08 Å². The van der Waals surface area contributed by atoms with E-state index < -0.39 is 0 Å². The number of rotatable bonds is 6. The van der Waals surface area contributed by atoms with E-state index in [1.807, 2.05) is 31.2 Å². The molecule has 26 heavy (non-hydrogen) atoms. The number of carbonyl (C=O) groups excluding carboxylic acids is 1. The second-order valence-electron chi connectivity index (χ2n) is 5.61.